The second kappa shape index (κ2) is 23.6. The molecule has 0 saturated heterocycles. The molecular weight excluding hydrogens is 558 g/mol. The maximum absolute atomic E-state index is 9.70. The smallest absolute Gasteiger partial charge is 0.129 e. The molecule has 6 N–H and O–H groups in total. The molecule has 14 heteroatoms. The second-order valence-electron chi connectivity index (χ2n) is 10.5. The van der Waals surface area contributed by atoms with Gasteiger partial charge in [-0.1, -0.05) is 0 Å². The Bertz CT molecular complexity index is 451. The lowest BCUT2D eigenvalue weighted by Gasteiger charge is -2.43. The van der Waals surface area contributed by atoms with Gasteiger partial charge < -0.3 is 98.2 Å². The summed E-state index contributed by atoms with van der Waals surface area (Å²) >= 11 is 0. The maximum atomic E-state index is 9.70. The monoisotopic (exact) mass is 610 g/mol. The number of hydrogen-bond acceptors (Lipinski definition) is 6. The van der Waals surface area contributed by atoms with Gasteiger partial charge in [0.05, 0.1) is 67.8 Å². The molecule has 0 aromatic heterocycles. The van der Waals surface area contributed by atoms with Crippen LogP contribution in [0.25, 0.3) is 0 Å². The zero-order valence-electron chi connectivity index (χ0n) is 22.7. The van der Waals surface area contributed by atoms with Crippen molar-refractivity contribution in [3.8, 4) is 0 Å². The molecule has 0 bridgehead atoms. The lowest BCUT2D eigenvalue weighted by molar-refractivity contribution is -0.996. The predicted octanol–water partition coefficient (Wildman–Crippen LogP) is -15.3. The Morgan fingerprint density at radius 3 is 0.500 bits per heavy atom. The Morgan fingerprint density at radius 1 is 0.278 bits per heavy atom. The highest BCUT2D eigenvalue weighted by atomic mass is 35.5. The average molecular weight is 613 g/mol. The van der Waals surface area contributed by atoms with Crippen LogP contribution in [0.5, 0.6) is 0 Å². The van der Waals surface area contributed by atoms with Crippen molar-refractivity contribution in [1.82, 2.24) is 0 Å². The van der Waals surface area contributed by atoms with Crippen LogP contribution in [-0.2, 0) is 0 Å². The number of aliphatic hydroxyl groups excluding tert-OH is 6. The van der Waals surface area contributed by atoms with Crippen LogP contribution in [0.15, 0.2) is 0 Å². The number of aliphatic hydroxyl groups is 6. The van der Waals surface area contributed by atoms with Gasteiger partial charge in [-0.05, 0) is 0 Å². The van der Waals surface area contributed by atoms with Gasteiger partial charge in [-0.3, -0.25) is 0 Å². The minimum absolute atomic E-state index is 0. The Kier molecular flexibility index (Phi) is 30.6. The third-order valence-electron chi connectivity index (χ3n) is 7.38. The zero-order valence-corrected chi connectivity index (χ0v) is 25.7. The zero-order chi connectivity index (χ0) is 24.7. The summed E-state index contributed by atoms with van der Waals surface area (Å²) in [5, 5.41) is 57.1. The van der Waals surface area contributed by atoms with Crippen LogP contribution in [0, 0.1) is 0 Å². The molecule has 36 heavy (non-hydrogen) atoms. The van der Waals surface area contributed by atoms with Crippen molar-refractivity contribution in [2.75, 3.05) is 146 Å². The molecule has 10 nitrogen and oxygen atoms in total. The van der Waals surface area contributed by atoms with Crippen molar-refractivity contribution in [2.45, 2.75) is 0 Å². The fourth-order valence-corrected chi connectivity index (χ4v) is 4.24. The molecule has 0 heterocycles. The lowest BCUT2D eigenvalue weighted by atomic mass is 10.2. The van der Waals surface area contributed by atoms with Crippen LogP contribution in [0.3, 0.4) is 0 Å². The van der Waals surface area contributed by atoms with Gasteiger partial charge in [0, 0.05) is 0 Å². The van der Waals surface area contributed by atoms with E-state index < -0.39 is 0 Å². The molecule has 0 aliphatic carbocycles. The van der Waals surface area contributed by atoms with Crippen LogP contribution >= 0.6 is 0 Å². The molecule has 0 aromatic carbocycles. The van der Waals surface area contributed by atoms with E-state index in [2.05, 4.69) is 14.1 Å². The lowest BCUT2D eigenvalue weighted by Crippen LogP contribution is -3.00. The molecule has 226 valence electrons. The van der Waals surface area contributed by atoms with Crippen molar-refractivity contribution in [3.63, 3.8) is 0 Å². The number of likely N-dealkylation sites (N-methyl/N-ethyl adjacent to an activating group) is 4. The van der Waals surface area contributed by atoms with Gasteiger partial charge in [-0.25, -0.2) is 0 Å². The third-order valence-corrected chi connectivity index (χ3v) is 7.38. The van der Waals surface area contributed by atoms with Crippen molar-refractivity contribution in [1.29, 1.82) is 0 Å². The third kappa shape index (κ3) is 18.9. The van der Waals surface area contributed by atoms with Crippen LogP contribution in [0.4, 0.5) is 0 Å². The number of halogens is 4. The summed E-state index contributed by atoms with van der Waals surface area (Å²) in [6.45, 7) is 8.97. The summed E-state index contributed by atoms with van der Waals surface area (Å²) in [5.41, 5.74) is 0. The van der Waals surface area contributed by atoms with E-state index >= 15 is 0 Å². The number of nitrogens with zero attached hydrogens (tertiary/aromatic N) is 4. The van der Waals surface area contributed by atoms with E-state index in [1.165, 1.54) is 0 Å². The minimum atomic E-state index is 0. The molecule has 0 radical (unpaired) electrons. The topological polar surface area (TPSA) is 121 Å². The first-order chi connectivity index (χ1) is 15.0. The predicted molar refractivity (Wildman–Crippen MR) is 126 cm³/mol. The SMILES string of the molecule is C[N+](CCO)(CCO)CC[N+](C)(CCO)CC[N+](C)(CCO)CC[N+](C)(CCO)CCO.[Cl-].[Cl-].[Cl-].[Cl-]. The van der Waals surface area contributed by atoms with Crippen molar-refractivity contribution >= 4 is 0 Å². The molecule has 0 amide bonds. The summed E-state index contributed by atoms with van der Waals surface area (Å²) in [5.74, 6) is 0. The molecular formula is C22H54Cl4N4O6. The molecule has 0 aliphatic heterocycles. The average Bonchev–Trinajstić information content (AvgIpc) is 2.71. The van der Waals surface area contributed by atoms with Crippen molar-refractivity contribution in [2.24, 2.45) is 0 Å². The second-order valence-corrected chi connectivity index (χ2v) is 10.5. The van der Waals surface area contributed by atoms with Gasteiger partial charge in [-0.15, -0.1) is 0 Å². The largest absolute Gasteiger partial charge is 1.00 e. The Hall–Kier alpha value is 0.760. The number of hydrogen-bond donors (Lipinski definition) is 6. The first kappa shape index (κ1) is 46.6. The maximum Gasteiger partial charge on any atom is 0.129 e. The summed E-state index contributed by atoms with van der Waals surface area (Å²) in [6, 6.07) is 0. The number of rotatable bonds is 21. The van der Waals surface area contributed by atoms with Crippen LogP contribution in [0.1, 0.15) is 0 Å². The van der Waals surface area contributed by atoms with E-state index in [-0.39, 0.29) is 89.3 Å². The van der Waals surface area contributed by atoms with Gasteiger partial charge in [0.2, 0.25) is 0 Å². The summed E-state index contributed by atoms with van der Waals surface area (Å²) in [7, 11) is 8.37. The molecule has 0 spiro atoms. The van der Waals surface area contributed by atoms with E-state index in [9.17, 15) is 30.6 Å². The van der Waals surface area contributed by atoms with Gasteiger partial charge in [-0.2, -0.15) is 0 Å². The van der Waals surface area contributed by atoms with E-state index in [1.54, 1.807) is 0 Å². The molecule has 2 atom stereocenters. The highest BCUT2D eigenvalue weighted by Gasteiger charge is 2.34. The Morgan fingerprint density at radius 2 is 0.389 bits per heavy atom. The fourth-order valence-electron chi connectivity index (χ4n) is 4.24. The van der Waals surface area contributed by atoms with E-state index in [0.717, 1.165) is 39.3 Å². The standard InChI is InChI=1S/C22H54N4O6.4ClH/c1-23(11-17-27,7-9-25(3,13-19-29)14-20-30)5-6-24(2,12-18-28)8-10-26(4,15-21-31)16-22-32;;;;/h27-32H,5-22H2,1-4H3;4*1H/q+4;;;;/p-4. The van der Waals surface area contributed by atoms with Gasteiger partial charge in [0.15, 0.2) is 0 Å². The molecule has 0 rings (SSSR count). The molecule has 2 unspecified atom stereocenters. The van der Waals surface area contributed by atoms with E-state index in [4.69, 9.17) is 0 Å². The minimum Gasteiger partial charge on any atom is -1.00 e. The number of quaternary nitrogens is 4. The van der Waals surface area contributed by atoms with Gasteiger partial charge in [0.1, 0.15) is 78.5 Å². The van der Waals surface area contributed by atoms with E-state index in [0.29, 0.717) is 57.2 Å². The van der Waals surface area contributed by atoms with Gasteiger partial charge in [0.25, 0.3) is 0 Å². The Labute approximate surface area is 244 Å². The van der Waals surface area contributed by atoms with E-state index in [1.807, 2.05) is 14.1 Å². The van der Waals surface area contributed by atoms with Crippen LogP contribution < -0.4 is 49.6 Å². The highest BCUT2D eigenvalue weighted by molar-refractivity contribution is 4.49. The van der Waals surface area contributed by atoms with Crippen LogP contribution in [-0.4, -0.2) is 195 Å². The van der Waals surface area contributed by atoms with Crippen molar-refractivity contribution in [3.05, 3.63) is 0 Å². The summed E-state index contributed by atoms with van der Waals surface area (Å²) in [6.07, 6.45) is 0. The quantitative estimate of drug-likeness (QED) is 0.0717. The first-order valence-electron chi connectivity index (χ1n) is 12.0. The molecule has 0 aliphatic rings. The normalized spacial score (nSPS) is 14.8. The Balaban J connectivity index is -0.000000801. The summed E-state index contributed by atoms with van der Waals surface area (Å²) < 4.78 is 2.54. The molecule has 0 saturated carbocycles. The molecule has 0 aromatic rings. The fraction of sp³-hybridized carbons (Fsp3) is 1.00. The highest BCUT2D eigenvalue weighted by Crippen LogP contribution is 2.12. The first-order valence-corrected chi connectivity index (χ1v) is 12.0. The van der Waals surface area contributed by atoms with Crippen molar-refractivity contribution < 1.29 is 98.2 Å². The van der Waals surface area contributed by atoms with Crippen LogP contribution in [0.2, 0.25) is 0 Å². The van der Waals surface area contributed by atoms with Gasteiger partial charge >= 0.3 is 0 Å². The molecule has 0 fully saturated rings. The summed E-state index contributed by atoms with van der Waals surface area (Å²) in [4.78, 5) is 0.